The minimum atomic E-state index is -1.15. The van der Waals surface area contributed by atoms with Crippen LogP contribution in [-0.2, 0) is 9.59 Å². The molecule has 0 saturated carbocycles. The quantitative estimate of drug-likeness (QED) is 0.511. The minimum Gasteiger partial charge on any atom is -0.481 e. The van der Waals surface area contributed by atoms with Gasteiger partial charge in [-0.15, -0.1) is 0 Å². The van der Waals surface area contributed by atoms with E-state index in [1.807, 2.05) is 0 Å². The molecule has 0 aliphatic carbocycles. The Hall–Kier alpha value is -1.10. The summed E-state index contributed by atoms with van der Waals surface area (Å²) in [4.78, 5) is 20.7. The smallest absolute Gasteiger partial charge is 0.321 e. The lowest BCUT2D eigenvalue weighted by molar-refractivity contribution is -0.150. The van der Waals surface area contributed by atoms with Crippen molar-refractivity contribution in [2.75, 3.05) is 7.05 Å². The number of rotatable bonds is 4. The summed E-state index contributed by atoms with van der Waals surface area (Å²) in [7, 11) is 1.41. The van der Waals surface area contributed by atoms with Crippen molar-refractivity contribution in [3.63, 3.8) is 0 Å². The van der Waals surface area contributed by atoms with E-state index in [-0.39, 0.29) is 0 Å². The molecule has 5 heteroatoms. The van der Waals surface area contributed by atoms with Gasteiger partial charge in [0.1, 0.15) is 6.04 Å². The minimum absolute atomic E-state index is 0.919. The van der Waals surface area contributed by atoms with Crippen molar-refractivity contribution in [1.82, 2.24) is 5.32 Å². The maximum absolute atomic E-state index is 10.4. The Balaban J connectivity index is 4.25. The molecule has 0 fully saturated rings. The van der Waals surface area contributed by atoms with E-state index in [2.05, 4.69) is 5.32 Å². The highest BCUT2D eigenvalue weighted by atomic mass is 16.4. The number of carbonyl (C=O) groups is 2. The Morgan fingerprint density at radius 2 is 1.73 bits per heavy atom. The maximum Gasteiger partial charge on any atom is 0.321 e. The summed E-state index contributed by atoms with van der Waals surface area (Å²) >= 11 is 0. The van der Waals surface area contributed by atoms with Gasteiger partial charge < -0.3 is 15.5 Å². The molecule has 64 valence electrons. The van der Waals surface area contributed by atoms with Gasteiger partial charge >= 0.3 is 11.9 Å². The molecule has 0 heterocycles. The molecule has 0 spiro atoms. The Morgan fingerprint density at radius 3 is 1.82 bits per heavy atom. The standard InChI is InChI=1S/C6H11NO4/c1-3(5(8)9)4(7-2)6(10)11/h3-4,7H,1-2H3,(H,8,9)(H,10,11)/t3?,4-/m0/s1. The largest absolute Gasteiger partial charge is 0.481 e. The Bertz CT molecular complexity index is 168. The molecule has 0 saturated heterocycles. The van der Waals surface area contributed by atoms with E-state index in [1.165, 1.54) is 14.0 Å². The number of hydrogen-bond donors (Lipinski definition) is 3. The third-order valence-electron chi connectivity index (χ3n) is 1.47. The van der Waals surface area contributed by atoms with Crippen LogP contribution < -0.4 is 5.32 Å². The van der Waals surface area contributed by atoms with E-state index in [0.29, 0.717) is 0 Å². The first-order valence-electron chi connectivity index (χ1n) is 3.13. The van der Waals surface area contributed by atoms with Crippen LogP contribution in [0.3, 0.4) is 0 Å². The van der Waals surface area contributed by atoms with Crippen molar-refractivity contribution >= 4 is 11.9 Å². The van der Waals surface area contributed by atoms with E-state index < -0.39 is 23.9 Å². The van der Waals surface area contributed by atoms with Crippen LogP contribution in [-0.4, -0.2) is 35.2 Å². The van der Waals surface area contributed by atoms with Crippen LogP contribution >= 0.6 is 0 Å². The molecule has 2 atom stereocenters. The fourth-order valence-electron chi connectivity index (χ4n) is 0.730. The van der Waals surface area contributed by atoms with E-state index >= 15 is 0 Å². The van der Waals surface area contributed by atoms with Crippen LogP contribution in [0.15, 0.2) is 0 Å². The third kappa shape index (κ3) is 2.55. The van der Waals surface area contributed by atoms with Crippen LogP contribution in [0.5, 0.6) is 0 Å². The predicted molar refractivity (Wildman–Crippen MR) is 37.3 cm³/mol. The first kappa shape index (κ1) is 9.90. The lowest BCUT2D eigenvalue weighted by atomic mass is 10.0. The number of aliphatic carboxylic acids is 2. The fraction of sp³-hybridized carbons (Fsp3) is 0.667. The summed E-state index contributed by atoms with van der Waals surface area (Å²) in [5.74, 6) is -3.19. The molecule has 0 radical (unpaired) electrons. The van der Waals surface area contributed by atoms with Crippen LogP contribution in [0.25, 0.3) is 0 Å². The molecule has 5 nitrogen and oxygen atoms in total. The summed E-state index contributed by atoms with van der Waals surface area (Å²) in [5, 5.41) is 19.3. The highest BCUT2D eigenvalue weighted by Gasteiger charge is 2.27. The Labute approximate surface area is 64.0 Å². The van der Waals surface area contributed by atoms with Crippen molar-refractivity contribution in [3.05, 3.63) is 0 Å². The summed E-state index contributed by atoms with van der Waals surface area (Å²) in [6, 6.07) is -1.02. The number of carboxylic acid groups (broad SMARTS) is 2. The van der Waals surface area contributed by atoms with Crippen molar-refractivity contribution in [2.45, 2.75) is 13.0 Å². The number of carboxylic acids is 2. The molecule has 0 aromatic carbocycles. The molecule has 0 aromatic heterocycles. The average Bonchev–Trinajstić information content (AvgIpc) is 1.88. The van der Waals surface area contributed by atoms with Gasteiger partial charge in [-0.3, -0.25) is 9.59 Å². The predicted octanol–water partition coefficient (Wildman–Crippen LogP) is -0.620. The molecular formula is C6H11NO4. The second-order valence-corrected chi connectivity index (χ2v) is 2.23. The van der Waals surface area contributed by atoms with Crippen molar-refractivity contribution < 1.29 is 19.8 Å². The second-order valence-electron chi connectivity index (χ2n) is 2.23. The Kier molecular flexibility index (Phi) is 3.53. The normalized spacial score (nSPS) is 15.5. The first-order valence-corrected chi connectivity index (χ1v) is 3.13. The van der Waals surface area contributed by atoms with Gasteiger partial charge in [-0.1, -0.05) is 0 Å². The van der Waals surface area contributed by atoms with Crippen LogP contribution in [0.1, 0.15) is 6.92 Å². The highest BCUT2D eigenvalue weighted by molar-refractivity contribution is 5.82. The molecule has 3 N–H and O–H groups in total. The van der Waals surface area contributed by atoms with Gasteiger partial charge in [0.2, 0.25) is 0 Å². The molecular weight excluding hydrogens is 150 g/mol. The third-order valence-corrected chi connectivity index (χ3v) is 1.47. The zero-order valence-electron chi connectivity index (χ0n) is 6.37. The number of likely N-dealkylation sites (N-methyl/N-ethyl adjacent to an activating group) is 1. The van der Waals surface area contributed by atoms with Gasteiger partial charge in [-0.25, -0.2) is 0 Å². The van der Waals surface area contributed by atoms with Gasteiger partial charge in [0.15, 0.2) is 0 Å². The van der Waals surface area contributed by atoms with E-state index in [9.17, 15) is 9.59 Å². The van der Waals surface area contributed by atoms with Crippen LogP contribution in [0.2, 0.25) is 0 Å². The first-order chi connectivity index (χ1) is 5.00. The van der Waals surface area contributed by atoms with Crippen molar-refractivity contribution in [2.24, 2.45) is 5.92 Å². The molecule has 0 bridgehead atoms. The lowest BCUT2D eigenvalue weighted by Crippen LogP contribution is -2.42. The monoisotopic (exact) mass is 161 g/mol. The summed E-state index contributed by atoms with van der Waals surface area (Å²) in [6.07, 6.45) is 0. The zero-order chi connectivity index (χ0) is 9.02. The van der Waals surface area contributed by atoms with Gasteiger partial charge in [0.05, 0.1) is 5.92 Å². The van der Waals surface area contributed by atoms with E-state index in [4.69, 9.17) is 10.2 Å². The molecule has 0 rings (SSSR count). The lowest BCUT2D eigenvalue weighted by Gasteiger charge is -2.14. The van der Waals surface area contributed by atoms with Crippen molar-refractivity contribution in [3.8, 4) is 0 Å². The SMILES string of the molecule is CN[C@H](C(=O)O)C(C)C(=O)O. The van der Waals surface area contributed by atoms with Crippen molar-refractivity contribution in [1.29, 1.82) is 0 Å². The molecule has 1 unspecified atom stereocenters. The van der Waals surface area contributed by atoms with Crippen LogP contribution in [0.4, 0.5) is 0 Å². The summed E-state index contributed by atoms with van der Waals surface area (Å²) in [5.41, 5.74) is 0. The topological polar surface area (TPSA) is 86.6 Å². The van der Waals surface area contributed by atoms with E-state index in [1.54, 1.807) is 0 Å². The highest BCUT2D eigenvalue weighted by Crippen LogP contribution is 2.02. The van der Waals surface area contributed by atoms with Gasteiger partial charge in [0.25, 0.3) is 0 Å². The van der Waals surface area contributed by atoms with Crippen LogP contribution in [0, 0.1) is 5.92 Å². The molecule has 0 aromatic rings. The molecule has 0 aliphatic heterocycles. The van der Waals surface area contributed by atoms with Gasteiger partial charge in [-0.2, -0.15) is 0 Å². The zero-order valence-corrected chi connectivity index (χ0v) is 6.37. The maximum atomic E-state index is 10.4. The molecule has 0 amide bonds. The fourth-order valence-corrected chi connectivity index (χ4v) is 0.730. The molecule has 11 heavy (non-hydrogen) atoms. The number of hydrogen-bond acceptors (Lipinski definition) is 3. The number of nitrogens with one attached hydrogen (secondary N) is 1. The average molecular weight is 161 g/mol. The summed E-state index contributed by atoms with van der Waals surface area (Å²) in [6.45, 7) is 1.34. The second kappa shape index (κ2) is 3.92. The van der Waals surface area contributed by atoms with Gasteiger partial charge in [-0.05, 0) is 14.0 Å². The summed E-state index contributed by atoms with van der Waals surface area (Å²) < 4.78 is 0. The molecule has 0 aliphatic rings. The van der Waals surface area contributed by atoms with Gasteiger partial charge in [0, 0.05) is 0 Å². The Morgan fingerprint density at radius 1 is 1.27 bits per heavy atom. The van der Waals surface area contributed by atoms with E-state index in [0.717, 1.165) is 0 Å².